The molecule has 0 bridgehead atoms. The normalized spacial score (nSPS) is 16.0. The van der Waals surface area contributed by atoms with Gasteiger partial charge >= 0.3 is 0 Å². The highest BCUT2D eigenvalue weighted by Gasteiger charge is 2.27. The fourth-order valence-electron chi connectivity index (χ4n) is 2.66. The number of aromatic nitrogens is 1. The second-order valence-electron chi connectivity index (χ2n) is 5.69. The first-order valence-electron chi connectivity index (χ1n) is 8.07. The molecule has 25 heavy (non-hydrogen) atoms. The Bertz CT molecular complexity index is 777. The zero-order valence-electron chi connectivity index (χ0n) is 13.7. The minimum atomic E-state index is -3.38. The van der Waals surface area contributed by atoms with Crippen molar-refractivity contribution in [2.75, 3.05) is 43.4 Å². The summed E-state index contributed by atoms with van der Waals surface area (Å²) in [6, 6.07) is 11.2. The predicted octanol–water partition coefficient (Wildman–Crippen LogP) is 1.75. The Morgan fingerprint density at radius 3 is 2.40 bits per heavy atom. The summed E-state index contributed by atoms with van der Waals surface area (Å²) in [6.07, 6.45) is 1.73. The molecular weight excluding hydrogens is 345 g/mol. The van der Waals surface area contributed by atoms with Gasteiger partial charge in [-0.2, -0.15) is 4.31 Å². The van der Waals surface area contributed by atoms with Gasteiger partial charge in [0.25, 0.3) is 0 Å². The van der Waals surface area contributed by atoms with Crippen molar-refractivity contribution in [2.24, 2.45) is 0 Å². The lowest BCUT2D eigenvalue weighted by Crippen LogP contribution is -2.49. The first kappa shape index (κ1) is 17.6. The Morgan fingerprint density at radius 1 is 1.04 bits per heavy atom. The summed E-state index contributed by atoms with van der Waals surface area (Å²) in [7, 11) is -3.38. The third-order valence-electron chi connectivity index (χ3n) is 4.03. The summed E-state index contributed by atoms with van der Waals surface area (Å²) in [4.78, 5) is 6.36. The zero-order valence-corrected chi connectivity index (χ0v) is 14.5. The van der Waals surface area contributed by atoms with E-state index in [4.69, 9.17) is 4.74 Å². The molecule has 1 saturated heterocycles. The molecule has 134 valence electrons. The first-order valence-corrected chi connectivity index (χ1v) is 9.68. The van der Waals surface area contributed by atoms with Crippen LogP contribution in [0.15, 0.2) is 48.7 Å². The van der Waals surface area contributed by atoms with Gasteiger partial charge in [0.05, 0.1) is 5.75 Å². The Hall–Kier alpha value is -2.19. The van der Waals surface area contributed by atoms with Crippen LogP contribution in [-0.4, -0.2) is 56.2 Å². The molecule has 6 nitrogen and oxygen atoms in total. The summed E-state index contributed by atoms with van der Waals surface area (Å²) in [5, 5.41) is 0. The molecule has 1 aromatic heterocycles. The molecule has 2 aromatic rings. The third-order valence-corrected chi connectivity index (χ3v) is 5.86. The Kier molecular flexibility index (Phi) is 5.50. The topological polar surface area (TPSA) is 62.7 Å². The molecule has 0 saturated carbocycles. The third kappa shape index (κ3) is 4.67. The van der Waals surface area contributed by atoms with E-state index in [0.29, 0.717) is 31.9 Å². The van der Waals surface area contributed by atoms with Gasteiger partial charge in [0.2, 0.25) is 10.0 Å². The number of piperazine rings is 1. The maximum atomic E-state index is 12.8. The summed E-state index contributed by atoms with van der Waals surface area (Å²) in [6.45, 7) is 2.10. The van der Waals surface area contributed by atoms with Crippen molar-refractivity contribution in [1.29, 1.82) is 0 Å². The number of hydrogen-bond donors (Lipinski definition) is 0. The van der Waals surface area contributed by atoms with Crippen molar-refractivity contribution >= 4 is 15.8 Å². The molecule has 0 atom stereocenters. The van der Waals surface area contributed by atoms with Crippen molar-refractivity contribution in [1.82, 2.24) is 9.29 Å². The van der Waals surface area contributed by atoms with E-state index in [1.807, 2.05) is 18.2 Å². The molecule has 0 N–H and O–H groups in total. The van der Waals surface area contributed by atoms with Crippen LogP contribution in [0.2, 0.25) is 0 Å². The van der Waals surface area contributed by atoms with Gasteiger partial charge in [0.1, 0.15) is 24.0 Å². The molecule has 1 fully saturated rings. The summed E-state index contributed by atoms with van der Waals surface area (Å²) in [5.74, 6) is 0.857. The molecular formula is C17H20FN3O3S. The monoisotopic (exact) mass is 365 g/mol. The number of ether oxygens (including phenoxy) is 1. The molecule has 0 amide bonds. The zero-order chi connectivity index (χ0) is 17.7. The SMILES string of the molecule is O=S(=O)(CCOc1ccc(F)cc1)N1CCN(c2ccccn2)CC1. The van der Waals surface area contributed by atoms with Crippen LogP contribution in [0.1, 0.15) is 0 Å². The summed E-state index contributed by atoms with van der Waals surface area (Å²) in [5.41, 5.74) is 0. The molecule has 8 heteroatoms. The van der Waals surface area contributed by atoms with Crippen LogP contribution in [0.5, 0.6) is 5.75 Å². The molecule has 1 aliphatic heterocycles. The van der Waals surface area contributed by atoms with Crippen LogP contribution in [-0.2, 0) is 10.0 Å². The fourth-order valence-corrected chi connectivity index (χ4v) is 3.93. The van der Waals surface area contributed by atoms with Crippen LogP contribution in [0, 0.1) is 5.82 Å². The van der Waals surface area contributed by atoms with Crippen LogP contribution in [0.25, 0.3) is 0 Å². The number of sulfonamides is 1. The molecule has 0 spiro atoms. The van der Waals surface area contributed by atoms with E-state index in [2.05, 4.69) is 9.88 Å². The second-order valence-corrected chi connectivity index (χ2v) is 7.78. The molecule has 1 aliphatic rings. The highest BCUT2D eigenvalue weighted by molar-refractivity contribution is 7.89. The Morgan fingerprint density at radius 2 is 1.76 bits per heavy atom. The lowest BCUT2D eigenvalue weighted by Gasteiger charge is -2.34. The van der Waals surface area contributed by atoms with E-state index in [9.17, 15) is 12.8 Å². The Balaban J connectivity index is 1.49. The van der Waals surface area contributed by atoms with Crippen molar-refractivity contribution in [3.8, 4) is 5.75 Å². The fraction of sp³-hybridized carbons (Fsp3) is 0.353. The number of pyridine rings is 1. The minimum absolute atomic E-state index is 0.0361. The summed E-state index contributed by atoms with van der Waals surface area (Å²) >= 11 is 0. The van der Waals surface area contributed by atoms with Gasteiger partial charge in [-0.05, 0) is 36.4 Å². The first-order chi connectivity index (χ1) is 12.0. The van der Waals surface area contributed by atoms with Crippen molar-refractivity contribution < 1.29 is 17.5 Å². The van der Waals surface area contributed by atoms with Gasteiger partial charge in [-0.25, -0.2) is 17.8 Å². The maximum absolute atomic E-state index is 12.8. The van der Waals surface area contributed by atoms with E-state index in [1.165, 1.54) is 28.6 Å². The standard InChI is InChI=1S/C17H20FN3O3S/c18-15-4-6-16(7-5-15)24-13-14-25(22,23)21-11-9-20(10-12-21)17-3-1-2-8-19-17/h1-8H,9-14H2. The molecule has 0 aliphatic carbocycles. The van der Waals surface area contributed by atoms with Crippen molar-refractivity contribution in [3.63, 3.8) is 0 Å². The quantitative estimate of drug-likeness (QED) is 0.780. The van der Waals surface area contributed by atoms with Gasteiger partial charge in [-0.1, -0.05) is 6.07 Å². The van der Waals surface area contributed by atoms with E-state index in [0.717, 1.165) is 5.82 Å². The smallest absolute Gasteiger partial charge is 0.217 e. The maximum Gasteiger partial charge on any atom is 0.217 e. The molecule has 2 heterocycles. The van der Waals surface area contributed by atoms with E-state index >= 15 is 0 Å². The molecule has 0 radical (unpaired) electrons. The Labute approximate surface area is 146 Å². The van der Waals surface area contributed by atoms with E-state index < -0.39 is 10.0 Å². The molecule has 1 aromatic carbocycles. The largest absolute Gasteiger partial charge is 0.492 e. The van der Waals surface area contributed by atoms with Gasteiger partial charge < -0.3 is 9.64 Å². The molecule has 0 unspecified atom stereocenters. The van der Waals surface area contributed by atoms with Crippen LogP contribution in [0.3, 0.4) is 0 Å². The van der Waals surface area contributed by atoms with Crippen LogP contribution < -0.4 is 9.64 Å². The van der Waals surface area contributed by atoms with Gasteiger partial charge in [0, 0.05) is 32.4 Å². The van der Waals surface area contributed by atoms with E-state index in [1.54, 1.807) is 6.20 Å². The highest BCUT2D eigenvalue weighted by Crippen LogP contribution is 2.15. The number of benzene rings is 1. The van der Waals surface area contributed by atoms with Crippen LogP contribution >= 0.6 is 0 Å². The minimum Gasteiger partial charge on any atom is -0.492 e. The summed E-state index contributed by atoms with van der Waals surface area (Å²) < 4.78 is 44.6. The molecule has 3 rings (SSSR count). The van der Waals surface area contributed by atoms with Crippen LogP contribution in [0.4, 0.5) is 10.2 Å². The number of anilines is 1. The van der Waals surface area contributed by atoms with Gasteiger partial charge in [0.15, 0.2) is 0 Å². The van der Waals surface area contributed by atoms with Gasteiger partial charge in [-0.15, -0.1) is 0 Å². The predicted molar refractivity (Wildman–Crippen MR) is 93.7 cm³/mol. The van der Waals surface area contributed by atoms with E-state index in [-0.39, 0.29) is 18.2 Å². The van der Waals surface area contributed by atoms with Crippen molar-refractivity contribution in [3.05, 3.63) is 54.5 Å². The lowest BCUT2D eigenvalue weighted by molar-refractivity contribution is 0.330. The number of nitrogens with zero attached hydrogens (tertiary/aromatic N) is 3. The second kappa shape index (κ2) is 7.79. The highest BCUT2D eigenvalue weighted by atomic mass is 32.2. The van der Waals surface area contributed by atoms with Crippen molar-refractivity contribution in [2.45, 2.75) is 0 Å². The average Bonchev–Trinajstić information content (AvgIpc) is 2.64. The number of rotatable bonds is 6. The average molecular weight is 365 g/mol. The number of hydrogen-bond acceptors (Lipinski definition) is 5. The van der Waals surface area contributed by atoms with Gasteiger partial charge in [-0.3, -0.25) is 0 Å². The number of halogens is 1. The lowest BCUT2D eigenvalue weighted by atomic mass is 10.3.